The van der Waals surface area contributed by atoms with E-state index in [1.54, 1.807) is 7.05 Å². The molecule has 18 heteroatoms. The smallest absolute Gasteiger partial charge is 0.238 e. The fourth-order valence-corrected chi connectivity index (χ4v) is 17.4. The third-order valence-electron chi connectivity index (χ3n) is 17.8. The molecule has 1 saturated carbocycles. The van der Waals surface area contributed by atoms with Gasteiger partial charge in [0.05, 0.1) is 65.9 Å². The maximum atomic E-state index is 14.9. The van der Waals surface area contributed by atoms with Crippen molar-refractivity contribution in [3.05, 3.63) is 70.8 Å². The van der Waals surface area contributed by atoms with E-state index < -0.39 is 30.0 Å². The Kier molecular flexibility index (Phi) is 18.1. The van der Waals surface area contributed by atoms with Crippen LogP contribution in [0.2, 0.25) is 0 Å². The van der Waals surface area contributed by atoms with Gasteiger partial charge in [-0.15, -0.1) is 23.5 Å². The molecular formula is C57H85N10O5S3+. The van der Waals surface area contributed by atoms with Crippen LogP contribution < -0.4 is 42.2 Å². The highest BCUT2D eigenvalue weighted by Gasteiger charge is 2.54. The van der Waals surface area contributed by atoms with E-state index in [-0.39, 0.29) is 93.9 Å². The van der Waals surface area contributed by atoms with Crippen molar-refractivity contribution >= 4 is 70.7 Å². The van der Waals surface area contributed by atoms with Gasteiger partial charge in [0, 0.05) is 36.8 Å². The minimum Gasteiger partial charge on any atom is -0.353 e. The van der Waals surface area contributed by atoms with Crippen LogP contribution in [0.15, 0.2) is 48.5 Å². The van der Waals surface area contributed by atoms with Gasteiger partial charge in [-0.1, -0.05) is 88.9 Å². The van der Waals surface area contributed by atoms with E-state index in [0.29, 0.717) is 19.4 Å². The zero-order chi connectivity index (χ0) is 53.2. The largest absolute Gasteiger partial charge is 0.353 e. The molecule has 8 N–H and O–H groups in total. The number of benzene rings is 2. The van der Waals surface area contributed by atoms with Gasteiger partial charge in [-0.3, -0.25) is 33.8 Å². The van der Waals surface area contributed by atoms with Gasteiger partial charge in [0.15, 0.2) is 6.04 Å². The molecular weight excluding hydrogens is 1000 g/mol. The summed E-state index contributed by atoms with van der Waals surface area (Å²) in [6.45, 7) is 12.4. The summed E-state index contributed by atoms with van der Waals surface area (Å²) < 4.78 is 0. The van der Waals surface area contributed by atoms with Gasteiger partial charge in [0.1, 0.15) is 0 Å². The molecule has 15 nitrogen and oxygen atoms in total. The number of carbonyl (C=O) groups excluding carboxylic acids is 5. The van der Waals surface area contributed by atoms with Gasteiger partial charge in [0.25, 0.3) is 0 Å². The Morgan fingerprint density at radius 3 is 1.60 bits per heavy atom. The van der Waals surface area contributed by atoms with Crippen LogP contribution in [0.25, 0.3) is 0 Å². The molecule has 2 aromatic carbocycles. The summed E-state index contributed by atoms with van der Waals surface area (Å²) in [5, 5.41) is 24.5. The van der Waals surface area contributed by atoms with Crippen molar-refractivity contribution in [2.75, 3.05) is 45.2 Å². The fraction of sp³-hybridized carbons (Fsp3) is 0.684. The first kappa shape index (κ1) is 56.1. The molecule has 0 aromatic heterocycles. The molecule has 4 saturated heterocycles. The van der Waals surface area contributed by atoms with E-state index in [4.69, 9.17) is 12.6 Å². The molecule has 0 unspecified atom stereocenters. The fourth-order valence-electron chi connectivity index (χ4n) is 13.8. The molecule has 4 heterocycles. The number of nitrogens with one attached hydrogen (secondary N) is 8. The highest BCUT2D eigenvalue weighted by atomic mass is 32.2. The zero-order valence-corrected chi connectivity index (χ0v) is 47.9. The van der Waals surface area contributed by atoms with Gasteiger partial charge in [-0.2, -0.15) is 0 Å². The number of aryl methyl sites for hydroxylation is 2. The minimum absolute atomic E-state index is 0.0188. The van der Waals surface area contributed by atoms with Crippen LogP contribution >= 0.6 is 36.2 Å². The number of nitrogens with zero attached hydrogens (tertiary/aromatic N) is 2. The molecule has 5 amide bonds. The van der Waals surface area contributed by atoms with Crippen molar-refractivity contribution in [2.24, 2.45) is 22.7 Å². The number of carbonyl (C=O) groups is 5. The molecule has 2 aromatic rings. The topological polar surface area (TPSA) is 190 Å². The van der Waals surface area contributed by atoms with Crippen molar-refractivity contribution < 1.29 is 29.0 Å². The Bertz CT molecular complexity index is 2430. The Labute approximate surface area is 459 Å². The van der Waals surface area contributed by atoms with Crippen molar-refractivity contribution in [1.29, 1.82) is 0 Å². The summed E-state index contributed by atoms with van der Waals surface area (Å²) in [6.07, 6.45) is 9.27. The van der Waals surface area contributed by atoms with Crippen LogP contribution in [0, 0.1) is 22.7 Å². The molecule has 5 fully saturated rings. The lowest BCUT2D eigenvalue weighted by atomic mass is 9.77. The SMILES string of the molecule is CNCC(=O)N[C@H]1CCS[C@H]2CC(C)(C)[C@@H](C(=O)N[C@H]3c4ccccc4CC[C@H]3C(=O)NC3CCC(NC(=O)[C@@H]4CCc5ccccc5[C@@H]4NC(=O)[C@H]4N5C[C@@H]([NH+]=C(S)[C@H](C)NC)CCS[C@H]5CC4(C)C)CC3)N2C1. The second kappa shape index (κ2) is 24.2. The zero-order valence-electron chi connectivity index (χ0n) is 45.3. The standard InChI is InChI=1S/C57H84N10O5S3/c1-33(59-7)55(73)63-39-25-27-75-46-29-57(4,5)50(67(46)32-39)54(72)65-48-41-15-11-9-13-35(41)17-23-43(48)52(70)62-37-20-18-36(19-21-37)61-51(69)42-22-16-34-12-8-10-14-40(34)47(42)64-53(71)49-56(2,3)28-45-66(49)31-38(24-26-74-45)60-44(68)30-58-6/h8-15,33,36-39,42-43,45-50,58-59H,16-32H2,1-7H3,(H,60,68)(H,61,69)(H,62,70)(H,63,73)(H,64,71)(H,65,72)/p+1/t33-,36?,37?,38-,39-,42+,43+,45-,46-,47-,48-,49+,50+/m0/s1. The molecule has 3 aliphatic carbocycles. The highest BCUT2D eigenvalue weighted by Crippen LogP contribution is 2.48. The summed E-state index contributed by atoms with van der Waals surface area (Å²) in [7, 11) is 3.69. The lowest BCUT2D eigenvalue weighted by Crippen LogP contribution is -2.83. The summed E-state index contributed by atoms with van der Waals surface area (Å²) >= 11 is 8.61. The molecule has 0 spiro atoms. The van der Waals surface area contributed by atoms with Gasteiger partial charge < -0.3 is 37.2 Å². The van der Waals surface area contributed by atoms with Crippen LogP contribution in [0.1, 0.15) is 133 Å². The van der Waals surface area contributed by atoms with E-state index in [2.05, 4.69) is 111 Å². The van der Waals surface area contributed by atoms with Gasteiger partial charge in [-0.25, -0.2) is 4.99 Å². The number of hydrogen-bond donors (Lipinski definition) is 9. The lowest BCUT2D eigenvalue weighted by Gasteiger charge is -2.39. The molecule has 0 bridgehead atoms. The van der Waals surface area contributed by atoms with Crippen molar-refractivity contribution in [1.82, 2.24) is 47.0 Å². The van der Waals surface area contributed by atoms with E-state index in [1.807, 2.05) is 54.8 Å². The highest BCUT2D eigenvalue weighted by molar-refractivity contribution is 8.00. The molecule has 7 aliphatic rings. The average Bonchev–Trinajstić information content (AvgIpc) is 3.57. The van der Waals surface area contributed by atoms with Gasteiger partial charge >= 0.3 is 0 Å². The molecule has 0 radical (unpaired) electrons. The molecule has 4 aliphatic heterocycles. The third-order valence-corrected chi connectivity index (χ3v) is 20.9. The predicted molar refractivity (Wildman–Crippen MR) is 303 cm³/mol. The lowest BCUT2D eigenvalue weighted by molar-refractivity contribution is -0.502. The molecule has 9 rings (SSSR count). The van der Waals surface area contributed by atoms with Crippen molar-refractivity contribution in [3.8, 4) is 0 Å². The van der Waals surface area contributed by atoms with E-state index >= 15 is 0 Å². The number of hydrogen-bond acceptors (Lipinski definition) is 11. The molecule has 11 atom stereocenters. The second-order valence-electron chi connectivity index (χ2n) is 24.1. The van der Waals surface area contributed by atoms with Crippen molar-refractivity contribution in [3.63, 3.8) is 0 Å². The monoisotopic (exact) mass is 1090 g/mol. The van der Waals surface area contributed by atoms with Gasteiger partial charge in [0.2, 0.25) is 34.6 Å². The second-order valence-corrected chi connectivity index (χ2v) is 27.1. The number of amides is 5. The predicted octanol–water partition coefficient (Wildman–Crippen LogP) is 3.59. The average molecular weight is 1090 g/mol. The third kappa shape index (κ3) is 12.6. The van der Waals surface area contributed by atoms with Crippen LogP contribution in [0.4, 0.5) is 0 Å². The number of fused-ring (bicyclic) bond motifs is 4. The summed E-state index contributed by atoms with van der Waals surface area (Å²) in [5.41, 5.74) is 3.76. The number of likely N-dealkylation sites (N-methyl/N-ethyl adjacent to an activating group) is 1. The van der Waals surface area contributed by atoms with E-state index in [9.17, 15) is 24.0 Å². The van der Waals surface area contributed by atoms with Crippen LogP contribution in [0.5, 0.6) is 0 Å². The molecule has 410 valence electrons. The quantitative estimate of drug-likeness (QED) is 0.0765. The first-order valence-electron chi connectivity index (χ1n) is 28.0. The normalized spacial score (nSPS) is 32.9. The van der Waals surface area contributed by atoms with Crippen LogP contribution in [-0.4, -0.2) is 143 Å². The Morgan fingerprint density at radius 2 is 1.11 bits per heavy atom. The maximum Gasteiger partial charge on any atom is 0.238 e. The van der Waals surface area contributed by atoms with Crippen molar-refractivity contribution in [2.45, 2.75) is 177 Å². The Balaban J connectivity index is 0.836. The van der Waals surface area contributed by atoms with E-state index in [1.165, 1.54) is 5.56 Å². The Hall–Kier alpha value is -3.65. The molecule has 75 heavy (non-hydrogen) atoms. The minimum atomic E-state index is -0.483. The van der Waals surface area contributed by atoms with Crippen LogP contribution in [0.3, 0.4) is 0 Å². The first-order valence-corrected chi connectivity index (χ1v) is 30.5. The summed E-state index contributed by atoms with van der Waals surface area (Å²) in [6, 6.07) is 14.8. The summed E-state index contributed by atoms with van der Waals surface area (Å²) in [4.78, 5) is 79.9. The number of rotatable bonds is 14. The number of thioether (sulfide) groups is 2. The number of thiol groups is 1. The van der Waals surface area contributed by atoms with Gasteiger partial charge in [-0.05, 0) is 130 Å². The summed E-state index contributed by atoms with van der Waals surface area (Å²) in [5.74, 6) is 0.833. The first-order chi connectivity index (χ1) is 35.9. The van der Waals surface area contributed by atoms with Crippen LogP contribution in [-0.2, 0) is 36.8 Å². The Morgan fingerprint density at radius 1 is 0.627 bits per heavy atom. The van der Waals surface area contributed by atoms with E-state index in [0.717, 1.165) is 104 Å². The maximum absolute atomic E-state index is 14.9.